The number of hydrogen-bond acceptors (Lipinski definition) is 10. The third kappa shape index (κ3) is 4.54. The number of non-ortho nitro benzene ring substituents is 1. The number of halogens is 3. The molecule has 182 valence electrons. The van der Waals surface area contributed by atoms with Gasteiger partial charge in [-0.05, 0) is 18.4 Å². The van der Waals surface area contributed by atoms with E-state index in [9.17, 15) is 28.1 Å². The van der Waals surface area contributed by atoms with Crippen molar-refractivity contribution in [1.82, 2.24) is 15.1 Å². The summed E-state index contributed by atoms with van der Waals surface area (Å²) in [7, 11) is 0. The topological polar surface area (TPSA) is 118 Å². The van der Waals surface area contributed by atoms with Gasteiger partial charge in [0.2, 0.25) is 0 Å². The number of hydrogen-bond donors (Lipinski definition) is 0. The van der Waals surface area contributed by atoms with E-state index in [4.69, 9.17) is 4.52 Å². The molecule has 0 amide bonds. The fourth-order valence-electron chi connectivity index (χ4n) is 3.84. The number of aromatic nitrogens is 3. The van der Waals surface area contributed by atoms with Crippen LogP contribution in [0.2, 0.25) is 0 Å². The Bertz CT molecular complexity index is 1300. The minimum atomic E-state index is -4.83. The van der Waals surface area contributed by atoms with Crippen LogP contribution >= 0.6 is 11.3 Å². The predicted octanol–water partition coefficient (Wildman–Crippen LogP) is 3.80. The van der Waals surface area contributed by atoms with Crippen molar-refractivity contribution >= 4 is 38.3 Å². The zero-order valence-electron chi connectivity index (χ0n) is 18.5. The number of aryl methyl sites for hydroxylation is 1. The van der Waals surface area contributed by atoms with Crippen LogP contribution in [0.3, 0.4) is 0 Å². The van der Waals surface area contributed by atoms with Crippen LogP contribution in [0.4, 0.5) is 30.0 Å². The fraction of sp³-hybridized carbons (Fsp3) is 0.500. The fourth-order valence-corrected chi connectivity index (χ4v) is 5.04. The molecule has 1 saturated heterocycles. The van der Waals surface area contributed by atoms with Crippen LogP contribution in [0.1, 0.15) is 30.8 Å². The van der Waals surface area contributed by atoms with Crippen LogP contribution in [0, 0.1) is 23.0 Å². The van der Waals surface area contributed by atoms with Gasteiger partial charge >= 0.3 is 12.2 Å². The molecule has 3 heterocycles. The van der Waals surface area contributed by atoms with E-state index in [1.165, 1.54) is 0 Å². The average Bonchev–Trinajstić information content (AvgIpc) is 3.20. The zero-order chi connectivity index (χ0) is 24.8. The number of rotatable bonds is 5. The highest BCUT2D eigenvalue weighted by atomic mass is 32.1. The molecular formula is C20H21F3N6O4S. The largest absolute Gasteiger partial charge is 0.416 e. The van der Waals surface area contributed by atoms with Crippen LogP contribution in [0.15, 0.2) is 15.4 Å². The molecule has 2 aromatic heterocycles. The standard InChI is InChI=1S/C20H21F3N6O4S/c1-10(2)8-14-24-18(33-26-14)27-4-6-28(7-5-27)19-25-17(30)15-11(3)12(20(21,22)23)9-13(29(31)32)16(15)34-19/h9-10H,4-8H2,1-3H3. The van der Waals surface area contributed by atoms with Crippen molar-refractivity contribution < 1.29 is 22.6 Å². The molecule has 0 spiro atoms. The van der Waals surface area contributed by atoms with Crippen molar-refractivity contribution in [2.45, 2.75) is 33.4 Å². The lowest BCUT2D eigenvalue weighted by atomic mass is 10.0. The number of piperazine rings is 1. The number of benzene rings is 1. The molecule has 0 saturated carbocycles. The van der Waals surface area contributed by atoms with Crippen molar-refractivity contribution in [2.24, 2.45) is 5.92 Å². The third-order valence-electron chi connectivity index (χ3n) is 5.50. The molecule has 3 aromatic rings. The first kappa shape index (κ1) is 23.9. The van der Waals surface area contributed by atoms with E-state index >= 15 is 0 Å². The Kier molecular flexibility index (Phi) is 6.18. The molecule has 0 radical (unpaired) electrons. The van der Waals surface area contributed by atoms with Crippen molar-refractivity contribution in [3.8, 4) is 0 Å². The van der Waals surface area contributed by atoms with Crippen molar-refractivity contribution in [2.75, 3.05) is 36.0 Å². The van der Waals surface area contributed by atoms with Crippen LogP contribution in [0.5, 0.6) is 0 Å². The molecule has 1 aliphatic rings. The summed E-state index contributed by atoms with van der Waals surface area (Å²) >= 11 is 0.840. The Morgan fingerprint density at radius 3 is 2.44 bits per heavy atom. The Morgan fingerprint density at radius 2 is 1.85 bits per heavy atom. The van der Waals surface area contributed by atoms with Gasteiger partial charge in [-0.1, -0.05) is 30.3 Å². The molecule has 1 fully saturated rings. The quantitative estimate of drug-likeness (QED) is 0.382. The number of alkyl halides is 3. The number of fused-ring (bicyclic) bond motifs is 1. The molecule has 1 aliphatic heterocycles. The lowest BCUT2D eigenvalue weighted by molar-refractivity contribution is -0.383. The number of anilines is 2. The van der Waals surface area contributed by atoms with Gasteiger partial charge in [-0.2, -0.15) is 23.1 Å². The normalized spacial score (nSPS) is 14.9. The SMILES string of the molecule is Cc1c(C(F)(F)F)cc([N+](=O)[O-])c2sc(N3CCN(c4nc(CC(C)C)no4)CC3)nc(=O)c12. The second-order valence-corrected chi connectivity index (χ2v) is 9.37. The summed E-state index contributed by atoms with van der Waals surface area (Å²) in [5.41, 5.74) is -3.27. The van der Waals surface area contributed by atoms with E-state index in [0.717, 1.165) is 18.3 Å². The lowest BCUT2D eigenvalue weighted by Gasteiger charge is -2.33. The van der Waals surface area contributed by atoms with Gasteiger partial charge in [0.05, 0.1) is 15.9 Å². The Hall–Kier alpha value is -3.29. The summed E-state index contributed by atoms with van der Waals surface area (Å²) in [4.78, 5) is 35.4. The van der Waals surface area contributed by atoms with Crippen LogP contribution in [-0.4, -0.2) is 46.2 Å². The molecule has 0 bridgehead atoms. The first-order valence-electron chi connectivity index (χ1n) is 10.5. The lowest BCUT2D eigenvalue weighted by Crippen LogP contribution is -2.47. The van der Waals surface area contributed by atoms with Gasteiger partial charge in [0.15, 0.2) is 11.0 Å². The van der Waals surface area contributed by atoms with Crippen LogP contribution < -0.4 is 15.4 Å². The second-order valence-electron chi connectivity index (χ2n) is 8.39. The minimum Gasteiger partial charge on any atom is -0.344 e. The van der Waals surface area contributed by atoms with Crippen LogP contribution in [0.25, 0.3) is 10.1 Å². The summed E-state index contributed by atoms with van der Waals surface area (Å²) in [6.07, 6.45) is -4.15. The summed E-state index contributed by atoms with van der Waals surface area (Å²) in [5.74, 6) is 0.992. The molecular weight excluding hydrogens is 477 g/mol. The van der Waals surface area contributed by atoms with Gasteiger partial charge in [-0.25, -0.2) is 0 Å². The average molecular weight is 498 g/mol. The second kappa shape index (κ2) is 8.81. The Balaban J connectivity index is 1.63. The Labute approximate surface area is 195 Å². The predicted molar refractivity (Wildman–Crippen MR) is 120 cm³/mol. The van der Waals surface area contributed by atoms with Gasteiger partial charge in [0, 0.05) is 38.7 Å². The molecule has 0 aliphatic carbocycles. The van der Waals surface area contributed by atoms with Gasteiger partial charge < -0.3 is 14.3 Å². The van der Waals surface area contributed by atoms with Crippen molar-refractivity contribution in [3.05, 3.63) is 43.5 Å². The summed E-state index contributed by atoms with van der Waals surface area (Å²) in [6, 6.07) is 0.875. The highest BCUT2D eigenvalue weighted by molar-refractivity contribution is 7.22. The zero-order valence-corrected chi connectivity index (χ0v) is 19.4. The molecule has 1 aromatic carbocycles. The summed E-state index contributed by atoms with van der Waals surface area (Å²) in [6.45, 7) is 6.98. The van der Waals surface area contributed by atoms with Gasteiger partial charge in [-0.15, -0.1) is 0 Å². The number of nitro benzene ring substituents is 1. The van der Waals surface area contributed by atoms with Gasteiger partial charge in [-0.3, -0.25) is 14.9 Å². The summed E-state index contributed by atoms with van der Waals surface area (Å²) in [5, 5.41) is 15.4. The maximum atomic E-state index is 13.4. The smallest absolute Gasteiger partial charge is 0.344 e. The van der Waals surface area contributed by atoms with E-state index in [1.54, 1.807) is 4.90 Å². The monoisotopic (exact) mass is 498 g/mol. The first-order valence-corrected chi connectivity index (χ1v) is 11.3. The van der Waals surface area contributed by atoms with Gasteiger partial charge in [0.1, 0.15) is 4.70 Å². The molecule has 34 heavy (non-hydrogen) atoms. The molecule has 10 nitrogen and oxygen atoms in total. The van der Waals surface area contributed by atoms with E-state index < -0.39 is 27.9 Å². The molecule has 14 heteroatoms. The van der Waals surface area contributed by atoms with Crippen molar-refractivity contribution in [3.63, 3.8) is 0 Å². The van der Waals surface area contributed by atoms with Crippen molar-refractivity contribution in [1.29, 1.82) is 0 Å². The highest BCUT2D eigenvalue weighted by Crippen LogP contribution is 2.41. The number of nitrogens with zero attached hydrogens (tertiary/aromatic N) is 6. The maximum Gasteiger partial charge on any atom is 0.416 e. The van der Waals surface area contributed by atoms with E-state index in [1.807, 2.05) is 18.7 Å². The molecule has 0 atom stereocenters. The Morgan fingerprint density at radius 1 is 1.21 bits per heavy atom. The van der Waals surface area contributed by atoms with Gasteiger partial charge in [0.25, 0.3) is 11.2 Å². The van der Waals surface area contributed by atoms with Crippen LogP contribution in [-0.2, 0) is 12.6 Å². The molecule has 0 N–H and O–H groups in total. The number of nitro groups is 1. The third-order valence-corrected chi connectivity index (χ3v) is 6.64. The summed E-state index contributed by atoms with van der Waals surface area (Å²) < 4.78 is 45.4. The first-order chi connectivity index (χ1) is 16.0. The van der Waals surface area contributed by atoms with E-state index in [2.05, 4.69) is 15.1 Å². The van der Waals surface area contributed by atoms with E-state index in [-0.39, 0.29) is 20.8 Å². The molecule has 0 unspecified atom stereocenters. The van der Waals surface area contributed by atoms with E-state index in [0.29, 0.717) is 56.4 Å². The molecule has 4 rings (SSSR count). The highest BCUT2D eigenvalue weighted by Gasteiger charge is 2.37. The maximum absolute atomic E-state index is 13.4. The minimum absolute atomic E-state index is 0.122.